The summed E-state index contributed by atoms with van der Waals surface area (Å²) in [5.74, 6) is 0.743. The highest BCUT2D eigenvalue weighted by molar-refractivity contribution is 7.80. The lowest BCUT2D eigenvalue weighted by molar-refractivity contribution is -0.137. The second kappa shape index (κ2) is 8.67. The van der Waals surface area contributed by atoms with Crippen LogP contribution in [0.25, 0.3) is 0 Å². The van der Waals surface area contributed by atoms with Gasteiger partial charge in [0.15, 0.2) is 5.11 Å². The average molecular weight is 423 g/mol. The summed E-state index contributed by atoms with van der Waals surface area (Å²) < 4.78 is 38.2. The number of pyridine rings is 1. The Hall–Kier alpha value is -2.19. The molecule has 0 spiro atoms. The van der Waals surface area contributed by atoms with Gasteiger partial charge in [-0.3, -0.25) is 4.90 Å². The first-order chi connectivity index (χ1) is 13.6. The van der Waals surface area contributed by atoms with E-state index >= 15 is 0 Å². The average Bonchev–Trinajstić information content (AvgIpc) is 2.62. The van der Waals surface area contributed by atoms with Gasteiger partial charge in [0.05, 0.1) is 5.56 Å². The second-order valence-corrected chi connectivity index (χ2v) is 7.95. The highest BCUT2D eigenvalue weighted by Gasteiger charge is 2.30. The number of piperazine rings is 1. The second-order valence-electron chi connectivity index (χ2n) is 7.56. The molecule has 1 N–H and O–H groups in total. The van der Waals surface area contributed by atoms with Crippen LogP contribution in [0.3, 0.4) is 0 Å². The number of aryl methyl sites for hydroxylation is 2. The van der Waals surface area contributed by atoms with Crippen LogP contribution in [0.1, 0.15) is 29.3 Å². The molecule has 0 radical (unpaired) electrons. The number of nitrogens with one attached hydrogen (secondary N) is 1. The van der Waals surface area contributed by atoms with Gasteiger partial charge in [-0.2, -0.15) is 13.2 Å². The molecule has 1 unspecified atom stereocenters. The Kier molecular flexibility index (Phi) is 6.43. The van der Waals surface area contributed by atoms with Gasteiger partial charge in [-0.25, -0.2) is 4.98 Å². The zero-order valence-corrected chi connectivity index (χ0v) is 17.6. The first kappa shape index (κ1) is 21.5. The number of anilines is 1. The SMILES string of the molecule is Cc1cc(C)nc(NC(=S)N2CCN(Cc3ccc(C(F)(F)F)cc3)C(C)C2)c1. The fourth-order valence-corrected chi connectivity index (χ4v) is 3.81. The van der Waals surface area contributed by atoms with E-state index < -0.39 is 11.7 Å². The van der Waals surface area contributed by atoms with Gasteiger partial charge in [-0.1, -0.05) is 12.1 Å². The summed E-state index contributed by atoms with van der Waals surface area (Å²) in [6, 6.07) is 9.59. The lowest BCUT2D eigenvalue weighted by Crippen LogP contribution is -2.54. The van der Waals surface area contributed by atoms with Crippen LogP contribution in [0, 0.1) is 13.8 Å². The summed E-state index contributed by atoms with van der Waals surface area (Å²) >= 11 is 5.56. The lowest BCUT2D eigenvalue weighted by atomic mass is 10.1. The van der Waals surface area contributed by atoms with Crippen LogP contribution in [0.2, 0.25) is 0 Å². The zero-order valence-electron chi connectivity index (χ0n) is 16.8. The van der Waals surface area contributed by atoms with Crippen molar-refractivity contribution in [1.29, 1.82) is 0 Å². The van der Waals surface area contributed by atoms with Crippen LogP contribution in [0.15, 0.2) is 36.4 Å². The molecule has 156 valence electrons. The number of rotatable bonds is 3. The maximum Gasteiger partial charge on any atom is 0.416 e. The zero-order chi connectivity index (χ0) is 21.2. The van der Waals surface area contributed by atoms with E-state index in [1.807, 2.05) is 26.0 Å². The molecule has 1 atom stereocenters. The molecular formula is C21H25F3N4S. The van der Waals surface area contributed by atoms with Gasteiger partial charge < -0.3 is 10.2 Å². The van der Waals surface area contributed by atoms with Gasteiger partial charge in [-0.15, -0.1) is 0 Å². The van der Waals surface area contributed by atoms with E-state index in [0.29, 0.717) is 11.7 Å². The first-order valence-electron chi connectivity index (χ1n) is 9.53. The van der Waals surface area contributed by atoms with Crippen LogP contribution >= 0.6 is 12.2 Å². The molecule has 1 aromatic heterocycles. The van der Waals surface area contributed by atoms with Crippen molar-refractivity contribution in [3.8, 4) is 0 Å². The summed E-state index contributed by atoms with van der Waals surface area (Å²) in [5.41, 5.74) is 2.32. The molecule has 4 nitrogen and oxygen atoms in total. The predicted molar refractivity (Wildman–Crippen MR) is 113 cm³/mol. The molecule has 0 aliphatic carbocycles. The van der Waals surface area contributed by atoms with Crippen LogP contribution in [0.5, 0.6) is 0 Å². The van der Waals surface area contributed by atoms with E-state index in [0.717, 1.165) is 54.4 Å². The fourth-order valence-electron chi connectivity index (χ4n) is 3.54. The summed E-state index contributed by atoms with van der Waals surface area (Å²) in [7, 11) is 0. The molecule has 1 aromatic carbocycles. The Morgan fingerprint density at radius 2 is 1.86 bits per heavy atom. The summed E-state index contributed by atoms with van der Waals surface area (Å²) in [4.78, 5) is 8.84. The van der Waals surface area contributed by atoms with Gasteiger partial charge in [0.1, 0.15) is 5.82 Å². The van der Waals surface area contributed by atoms with E-state index in [4.69, 9.17) is 12.2 Å². The third-order valence-corrected chi connectivity index (χ3v) is 5.41. The number of hydrogen-bond acceptors (Lipinski definition) is 3. The van der Waals surface area contributed by atoms with Crippen molar-refractivity contribution in [3.63, 3.8) is 0 Å². The topological polar surface area (TPSA) is 31.4 Å². The molecule has 1 aliphatic rings. The highest BCUT2D eigenvalue weighted by atomic mass is 32.1. The Morgan fingerprint density at radius 3 is 2.45 bits per heavy atom. The van der Waals surface area contributed by atoms with Crippen LogP contribution in [0.4, 0.5) is 19.0 Å². The monoisotopic (exact) mass is 422 g/mol. The molecule has 3 rings (SSSR count). The number of nitrogens with zero attached hydrogens (tertiary/aromatic N) is 3. The summed E-state index contributed by atoms with van der Waals surface area (Å²) in [5, 5.41) is 3.86. The molecule has 1 fully saturated rings. The Labute approximate surface area is 174 Å². The molecule has 0 amide bonds. The van der Waals surface area contributed by atoms with Crippen LogP contribution in [-0.2, 0) is 12.7 Å². The lowest BCUT2D eigenvalue weighted by Gasteiger charge is -2.41. The molecule has 2 heterocycles. The number of thiocarbonyl (C=S) groups is 1. The molecule has 1 aliphatic heterocycles. The van der Waals surface area contributed by atoms with Gasteiger partial charge in [-0.05, 0) is 68.4 Å². The highest BCUT2D eigenvalue weighted by Crippen LogP contribution is 2.29. The Bertz CT molecular complexity index is 847. The largest absolute Gasteiger partial charge is 0.416 e. The molecule has 1 saturated heterocycles. The van der Waals surface area contributed by atoms with Crippen LogP contribution < -0.4 is 5.32 Å². The molecule has 0 saturated carbocycles. The van der Waals surface area contributed by atoms with Gasteiger partial charge >= 0.3 is 6.18 Å². The Morgan fingerprint density at radius 1 is 1.17 bits per heavy atom. The van der Waals surface area contributed by atoms with Gasteiger partial charge in [0.25, 0.3) is 0 Å². The number of aromatic nitrogens is 1. The third kappa shape index (κ3) is 5.67. The smallest absolute Gasteiger partial charge is 0.346 e. The van der Waals surface area contributed by atoms with Crippen molar-refractivity contribution < 1.29 is 13.2 Å². The van der Waals surface area contributed by atoms with Crippen molar-refractivity contribution >= 4 is 23.1 Å². The number of hydrogen-bond donors (Lipinski definition) is 1. The fraction of sp³-hybridized carbons (Fsp3) is 0.429. The molecule has 8 heteroatoms. The van der Waals surface area contributed by atoms with Crippen molar-refractivity contribution in [1.82, 2.24) is 14.8 Å². The summed E-state index contributed by atoms with van der Waals surface area (Å²) in [6.07, 6.45) is -4.30. The van der Waals surface area contributed by atoms with Crippen molar-refractivity contribution in [2.45, 2.75) is 39.5 Å². The van der Waals surface area contributed by atoms with Gasteiger partial charge in [0.2, 0.25) is 0 Å². The van der Waals surface area contributed by atoms with Crippen molar-refractivity contribution in [3.05, 3.63) is 58.8 Å². The van der Waals surface area contributed by atoms with E-state index in [1.165, 1.54) is 0 Å². The number of benzene rings is 1. The maximum atomic E-state index is 12.7. The normalized spacial score (nSPS) is 18.0. The third-order valence-electron chi connectivity index (χ3n) is 5.05. The molecular weight excluding hydrogens is 397 g/mol. The quantitative estimate of drug-likeness (QED) is 0.730. The Balaban J connectivity index is 1.56. The molecule has 2 aromatic rings. The minimum atomic E-state index is -4.30. The van der Waals surface area contributed by atoms with Crippen LogP contribution in [-0.4, -0.2) is 45.6 Å². The maximum absolute atomic E-state index is 12.7. The van der Waals surface area contributed by atoms with E-state index in [9.17, 15) is 13.2 Å². The standard InChI is InChI=1S/C21H25F3N4S/c1-14-10-15(2)25-19(11-14)26-20(29)28-9-8-27(16(3)12-28)13-17-4-6-18(7-5-17)21(22,23)24/h4-7,10-11,16H,8-9,12-13H2,1-3H3,(H,25,26,29). The molecule has 0 bridgehead atoms. The number of alkyl halides is 3. The minimum absolute atomic E-state index is 0.220. The number of halogens is 3. The van der Waals surface area contributed by atoms with Crippen molar-refractivity contribution in [2.24, 2.45) is 0 Å². The van der Waals surface area contributed by atoms with Crippen molar-refractivity contribution in [2.75, 3.05) is 25.0 Å². The molecule has 29 heavy (non-hydrogen) atoms. The van der Waals surface area contributed by atoms with E-state index in [1.54, 1.807) is 12.1 Å². The minimum Gasteiger partial charge on any atom is -0.346 e. The van der Waals surface area contributed by atoms with Gasteiger partial charge in [0, 0.05) is 37.9 Å². The van der Waals surface area contributed by atoms with E-state index in [-0.39, 0.29) is 6.04 Å². The first-order valence-corrected chi connectivity index (χ1v) is 9.94. The van der Waals surface area contributed by atoms with E-state index in [2.05, 4.69) is 27.0 Å². The predicted octanol–water partition coefficient (Wildman–Crippen LogP) is 4.62. The summed E-state index contributed by atoms with van der Waals surface area (Å²) in [6.45, 7) is 8.97.